The Hall–Kier alpha value is -2.33. The number of halogens is 1. The Labute approximate surface area is 165 Å². The van der Waals surface area contributed by atoms with Gasteiger partial charge in [-0.1, -0.05) is 66.7 Å². The molecule has 138 valence electrons. The Morgan fingerprint density at radius 2 is 1.67 bits per heavy atom. The molecule has 3 aromatic carbocycles. The third kappa shape index (κ3) is 4.51. The van der Waals surface area contributed by atoms with Crippen LogP contribution in [0.2, 0.25) is 5.02 Å². The van der Waals surface area contributed by atoms with Gasteiger partial charge in [0.2, 0.25) is 0 Å². The molecule has 0 amide bonds. The average molecular weight is 379 g/mol. The van der Waals surface area contributed by atoms with Gasteiger partial charge in [0.1, 0.15) is 6.54 Å². The highest BCUT2D eigenvalue weighted by atomic mass is 35.5. The topological polar surface area (TPSA) is 19.7 Å². The van der Waals surface area contributed by atoms with E-state index in [9.17, 15) is 0 Å². The van der Waals surface area contributed by atoms with Gasteiger partial charge in [-0.3, -0.25) is 0 Å². The molecule has 0 aliphatic carbocycles. The first-order chi connectivity index (χ1) is 13.2. The van der Waals surface area contributed by atoms with E-state index >= 15 is 0 Å². The fraction of sp³-hybridized carbons (Fsp3) is 0.217. The summed E-state index contributed by atoms with van der Waals surface area (Å²) in [6, 6.07) is 23.1. The third-order valence-electron chi connectivity index (χ3n) is 5.23. The van der Waals surface area contributed by atoms with Gasteiger partial charge >= 0.3 is 0 Å². The van der Waals surface area contributed by atoms with E-state index in [0.717, 1.165) is 49.0 Å². The quantitative estimate of drug-likeness (QED) is 0.709. The maximum Gasteiger partial charge on any atom is 0.103 e. The number of nitrogens with one attached hydrogen (secondary N) is 2. The van der Waals surface area contributed by atoms with Crippen LogP contribution in [0.5, 0.6) is 0 Å². The zero-order valence-corrected chi connectivity index (χ0v) is 16.2. The maximum atomic E-state index is 5.97. The number of quaternary nitrogens is 1. The van der Waals surface area contributed by atoms with Crippen molar-refractivity contribution in [2.24, 2.45) is 0 Å². The SMILES string of the molecule is C=C(NN1CC[NH+](Cc2ccc(Cl)cc2)CC1)c1ccc2ccccc2c1. The van der Waals surface area contributed by atoms with Gasteiger partial charge in [-0.15, -0.1) is 0 Å². The van der Waals surface area contributed by atoms with Crippen LogP contribution in [0.4, 0.5) is 0 Å². The summed E-state index contributed by atoms with van der Waals surface area (Å²) in [4.78, 5) is 1.60. The molecule has 2 N–H and O–H groups in total. The van der Waals surface area contributed by atoms with E-state index in [4.69, 9.17) is 11.6 Å². The lowest BCUT2D eigenvalue weighted by molar-refractivity contribution is -0.918. The fourth-order valence-corrected chi connectivity index (χ4v) is 3.76. The van der Waals surface area contributed by atoms with E-state index in [1.54, 1.807) is 4.90 Å². The molecule has 0 spiro atoms. The van der Waals surface area contributed by atoms with Crippen LogP contribution in [0.3, 0.4) is 0 Å². The smallest absolute Gasteiger partial charge is 0.103 e. The molecule has 0 bridgehead atoms. The van der Waals surface area contributed by atoms with Gasteiger partial charge in [-0.25, -0.2) is 5.01 Å². The van der Waals surface area contributed by atoms with E-state index in [1.165, 1.54) is 16.3 Å². The van der Waals surface area contributed by atoms with Gasteiger partial charge in [0.15, 0.2) is 0 Å². The van der Waals surface area contributed by atoms with Crippen molar-refractivity contribution in [1.82, 2.24) is 10.4 Å². The molecular weight excluding hydrogens is 354 g/mol. The number of benzene rings is 3. The predicted molar refractivity (Wildman–Crippen MR) is 114 cm³/mol. The van der Waals surface area contributed by atoms with E-state index in [2.05, 4.69) is 71.6 Å². The Bertz CT molecular complexity index is 928. The lowest BCUT2D eigenvalue weighted by Gasteiger charge is -2.33. The first-order valence-electron chi connectivity index (χ1n) is 9.45. The number of fused-ring (bicyclic) bond motifs is 1. The number of nitrogens with zero attached hydrogens (tertiary/aromatic N) is 1. The second kappa shape index (κ2) is 8.13. The van der Waals surface area contributed by atoms with E-state index in [1.807, 2.05) is 12.1 Å². The molecule has 27 heavy (non-hydrogen) atoms. The Balaban J connectivity index is 1.31. The molecular formula is C23H25ClN3+. The highest BCUT2D eigenvalue weighted by Crippen LogP contribution is 2.19. The molecule has 1 heterocycles. The summed E-state index contributed by atoms with van der Waals surface area (Å²) in [6.45, 7) is 9.54. The van der Waals surface area contributed by atoms with Crippen LogP contribution in [-0.4, -0.2) is 31.2 Å². The van der Waals surface area contributed by atoms with E-state index < -0.39 is 0 Å². The fourth-order valence-electron chi connectivity index (χ4n) is 3.63. The van der Waals surface area contributed by atoms with Gasteiger partial charge in [-0.2, -0.15) is 0 Å². The van der Waals surface area contributed by atoms with Crippen molar-refractivity contribution < 1.29 is 4.90 Å². The Morgan fingerprint density at radius 1 is 0.963 bits per heavy atom. The van der Waals surface area contributed by atoms with Crippen LogP contribution in [-0.2, 0) is 6.54 Å². The van der Waals surface area contributed by atoms with E-state index in [-0.39, 0.29) is 0 Å². The minimum Gasteiger partial charge on any atom is -0.329 e. The van der Waals surface area contributed by atoms with Crippen molar-refractivity contribution in [2.45, 2.75) is 6.54 Å². The average Bonchev–Trinajstić information content (AvgIpc) is 2.71. The predicted octanol–water partition coefficient (Wildman–Crippen LogP) is 3.37. The van der Waals surface area contributed by atoms with Crippen LogP contribution in [0.15, 0.2) is 73.3 Å². The zero-order chi connectivity index (χ0) is 18.6. The molecule has 0 unspecified atom stereocenters. The summed E-state index contributed by atoms with van der Waals surface area (Å²) >= 11 is 5.97. The summed E-state index contributed by atoms with van der Waals surface area (Å²) < 4.78 is 0. The van der Waals surface area contributed by atoms with Gasteiger partial charge in [0.25, 0.3) is 0 Å². The number of hydrazine groups is 1. The van der Waals surface area contributed by atoms with Crippen molar-refractivity contribution in [2.75, 3.05) is 26.2 Å². The molecule has 1 aliphatic heterocycles. The van der Waals surface area contributed by atoms with Crippen molar-refractivity contribution in [1.29, 1.82) is 0 Å². The molecule has 0 radical (unpaired) electrons. The molecule has 3 aromatic rings. The minimum atomic E-state index is 0.801. The number of hydrogen-bond donors (Lipinski definition) is 2. The molecule has 4 heteroatoms. The summed E-state index contributed by atoms with van der Waals surface area (Å²) in [5.74, 6) is 0. The lowest BCUT2D eigenvalue weighted by atomic mass is 10.1. The van der Waals surface area contributed by atoms with Crippen molar-refractivity contribution >= 4 is 28.1 Å². The molecule has 4 rings (SSSR count). The molecule has 0 saturated carbocycles. The van der Waals surface area contributed by atoms with Crippen LogP contribution >= 0.6 is 11.6 Å². The molecule has 1 aliphatic rings. The minimum absolute atomic E-state index is 0.801. The molecule has 3 nitrogen and oxygen atoms in total. The number of hydrogen-bond acceptors (Lipinski definition) is 2. The molecule has 0 atom stereocenters. The standard InChI is InChI=1S/C23H24ClN3/c1-18(21-9-8-20-4-2-3-5-22(20)16-21)25-27-14-12-26(13-15-27)17-19-6-10-23(24)11-7-19/h2-11,16,25H,1,12-15,17H2/p+1. The highest BCUT2D eigenvalue weighted by molar-refractivity contribution is 6.30. The maximum absolute atomic E-state index is 5.97. The molecule has 1 fully saturated rings. The van der Waals surface area contributed by atoms with Crippen molar-refractivity contribution in [3.05, 3.63) is 89.5 Å². The summed E-state index contributed by atoms with van der Waals surface area (Å²) in [5.41, 5.74) is 6.95. The van der Waals surface area contributed by atoms with Crippen LogP contribution in [0.1, 0.15) is 11.1 Å². The Morgan fingerprint density at radius 3 is 2.41 bits per heavy atom. The summed E-state index contributed by atoms with van der Waals surface area (Å²) in [5, 5.41) is 5.58. The van der Waals surface area contributed by atoms with E-state index in [0.29, 0.717) is 0 Å². The Kier molecular flexibility index (Phi) is 5.44. The normalized spacial score (nSPS) is 15.7. The van der Waals surface area contributed by atoms with Gasteiger partial charge < -0.3 is 10.3 Å². The second-order valence-corrected chi connectivity index (χ2v) is 7.63. The van der Waals surface area contributed by atoms with Crippen LogP contribution in [0.25, 0.3) is 16.5 Å². The molecule has 0 aromatic heterocycles. The van der Waals surface area contributed by atoms with Crippen molar-refractivity contribution in [3.63, 3.8) is 0 Å². The summed E-state index contributed by atoms with van der Waals surface area (Å²) in [7, 11) is 0. The summed E-state index contributed by atoms with van der Waals surface area (Å²) in [6.07, 6.45) is 0. The first kappa shape index (κ1) is 18.1. The zero-order valence-electron chi connectivity index (χ0n) is 15.4. The second-order valence-electron chi connectivity index (χ2n) is 7.19. The van der Waals surface area contributed by atoms with Crippen LogP contribution < -0.4 is 10.3 Å². The first-order valence-corrected chi connectivity index (χ1v) is 9.83. The monoisotopic (exact) mass is 378 g/mol. The van der Waals surface area contributed by atoms with Gasteiger partial charge in [0.05, 0.1) is 26.2 Å². The third-order valence-corrected chi connectivity index (χ3v) is 5.48. The largest absolute Gasteiger partial charge is 0.329 e. The lowest BCUT2D eigenvalue weighted by Crippen LogP contribution is -3.13. The van der Waals surface area contributed by atoms with Crippen molar-refractivity contribution in [3.8, 4) is 0 Å². The number of piperazine rings is 1. The van der Waals surface area contributed by atoms with Gasteiger partial charge in [0, 0.05) is 16.3 Å². The highest BCUT2D eigenvalue weighted by Gasteiger charge is 2.20. The number of rotatable bonds is 5. The van der Waals surface area contributed by atoms with Crippen LogP contribution in [0, 0.1) is 0 Å². The molecule has 1 saturated heterocycles. The van der Waals surface area contributed by atoms with Gasteiger partial charge in [-0.05, 0) is 34.5 Å².